The van der Waals surface area contributed by atoms with Gasteiger partial charge in [-0.25, -0.2) is 0 Å². The van der Waals surface area contributed by atoms with Gasteiger partial charge in [0.25, 0.3) is 0 Å². The maximum Gasteiger partial charge on any atom is 0.416 e. The normalized spacial score (nSPS) is 23.5. The Hall–Kier alpha value is -6.60. The van der Waals surface area contributed by atoms with Gasteiger partial charge in [-0.15, -0.1) is 0 Å². The molecule has 17 heteroatoms. The van der Waals surface area contributed by atoms with E-state index in [2.05, 4.69) is 0 Å². The fourth-order valence-corrected chi connectivity index (χ4v) is 8.39. The third kappa shape index (κ3) is 7.98. The van der Waals surface area contributed by atoms with Crippen LogP contribution in [0.1, 0.15) is 41.0 Å². The van der Waals surface area contributed by atoms with Gasteiger partial charge in [0, 0.05) is 56.5 Å². The number of hydrogen-bond donors (Lipinski definition) is 3. The van der Waals surface area contributed by atoms with Crippen molar-refractivity contribution in [3.63, 3.8) is 0 Å². The number of nitrogens with zero attached hydrogens (tertiary/aromatic N) is 8. The average Bonchev–Trinajstić information content (AvgIpc) is 3.20. The molecule has 2 heterocycles. The zero-order valence-corrected chi connectivity index (χ0v) is 32.1. The summed E-state index contributed by atoms with van der Waals surface area (Å²) < 4.78 is 82.3. The highest BCUT2D eigenvalue weighted by atomic mass is 19.4. The SMILES string of the molecule is CCO.CN1CC=C2C(C#N)=C(N)C(C#N)(C#N)C(c3ccccc3C(F)(F)F)C2C1.CN1CC=C2C(C#N)=C(N)C(C#N)(C#N)C(c3ccccc3C(F)(F)F)C2C1. The Kier molecular flexibility index (Phi) is 13.4. The van der Waals surface area contributed by atoms with Gasteiger partial charge in [0.05, 0.1) is 57.9 Å². The second-order valence-electron chi connectivity index (χ2n) is 14.3. The van der Waals surface area contributed by atoms with Crippen LogP contribution in [0.4, 0.5) is 26.3 Å². The van der Waals surface area contributed by atoms with Crippen molar-refractivity contribution in [3.05, 3.63) is 117 Å². The number of allylic oxidation sites excluding steroid dienone is 4. The summed E-state index contributed by atoms with van der Waals surface area (Å²) in [5.74, 6) is -3.62. The van der Waals surface area contributed by atoms with Crippen LogP contribution in [0.3, 0.4) is 0 Å². The Morgan fingerprint density at radius 1 is 0.644 bits per heavy atom. The predicted molar refractivity (Wildman–Crippen MR) is 200 cm³/mol. The summed E-state index contributed by atoms with van der Waals surface area (Å²) in [5.41, 5.74) is 6.36. The number of fused-ring (bicyclic) bond motifs is 2. The molecule has 0 spiro atoms. The number of aliphatic hydroxyl groups excluding tert-OH is 1. The second-order valence-corrected chi connectivity index (χ2v) is 14.3. The first-order valence-electron chi connectivity index (χ1n) is 18.0. The van der Waals surface area contributed by atoms with Gasteiger partial charge in [0.2, 0.25) is 0 Å². The number of aliphatic hydroxyl groups is 1. The average molecular weight is 813 g/mol. The van der Waals surface area contributed by atoms with Crippen LogP contribution in [0.25, 0.3) is 0 Å². The third-order valence-electron chi connectivity index (χ3n) is 10.9. The van der Waals surface area contributed by atoms with E-state index in [1.807, 2.05) is 46.2 Å². The first-order valence-corrected chi connectivity index (χ1v) is 18.0. The van der Waals surface area contributed by atoms with Crippen LogP contribution >= 0.6 is 0 Å². The van der Waals surface area contributed by atoms with Crippen molar-refractivity contribution in [1.82, 2.24) is 9.80 Å². The van der Waals surface area contributed by atoms with Gasteiger partial charge in [0.1, 0.15) is 12.1 Å². The molecule has 2 aliphatic heterocycles. The van der Waals surface area contributed by atoms with Crippen molar-refractivity contribution in [2.24, 2.45) is 34.1 Å². The molecule has 0 saturated carbocycles. The number of benzene rings is 2. The highest BCUT2D eigenvalue weighted by molar-refractivity contribution is 5.61. The van der Waals surface area contributed by atoms with Crippen molar-refractivity contribution < 1.29 is 31.4 Å². The Balaban J connectivity index is 0.000000244. The van der Waals surface area contributed by atoms with E-state index in [0.717, 1.165) is 12.1 Å². The molecule has 2 aromatic carbocycles. The molecule has 0 amide bonds. The van der Waals surface area contributed by atoms with Crippen molar-refractivity contribution in [2.75, 3.05) is 46.9 Å². The number of alkyl halides is 6. The third-order valence-corrected chi connectivity index (χ3v) is 10.9. The van der Waals surface area contributed by atoms with Crippen LogP contribution in [0, 0.1) is 90.7 Å². The van der Waals surface area contributed by atoms with Crippen LogP contribution in [-0.4, -0.2) is 61.8 Å². The van der Waals surface area contributed by atoms with Crippen LogP contribution < -0.4 is 11.5 Å². The molecular formula is C42H38F6N10O. The Bertz CT molecular complexity index is 2160. The van der Waals surface area contributed by atoms with Crippen LogP contribution in [0.15, 0.2) is 94.4 Å². The lowest BCUT2D eigenvalue weighted by molar-refractivity contribution is -0.139. The molecule has 2 aliphatic carbocycles. The van der Waals surface area contributed by atoms with E-state index in [4.69, 9.17) is 16.6 Å². The van der Waals surface area contributed by atoms with Gasteiger partial charge in [-0.1, -0.05) is 48.6 Å². The molecular weight excluding hydrogens is 775 g/mol. The lowest BCUT2D eigenvalue weighted by Gasteiger charge is -2.45. The molecule has 0 saturated heterocycles. The molecule has 0 aromatic heterocycles. The van der Waals surface area contributed by atoms with E-state index in [1.54, 1.807) is 33.2 Å². The number of halogens is 6. The fraction of sp³-hybridized carbons (Fsp3) is 0.381. The summed E-state index contributed by atoms with van der Waals surface area (Å²) in [6.45, 7) is 3.51. The molecule has 0 fully saturated rings. The molecule has 4 atom stereocenters. The predicted octanol–water partition coefficient (Wildman–Crippen LogP) is 6.12. The molecule has 2 aromatic rings. The van der Waals surface area contributed by atoms with Crippen molar-refractivity contribution in [2.45, 2.75) is 31.1 Å². The van der Waals surface area contributed by atoms with Crippen LogP contribution in [0.5, 0.6) is 0 Å². The molecule has 4 unspecified atom stereocenters. The monoisotopic (exact) mass is 812 g/mol. The van der Waals surface area contributed by atoms with Crippen LogP contribution in [-0.2, 0) is 12.4 Å². The summed E-state index contributed by atoms with van der Waals surface area (Å²) in [5, 5.41) is 66.3. The van der Waals surface area contributed by atoms with Crippen molar-refractivity contribution in [3.8, 4) is 36.4 Å². The number of nitriles is 6. The largest absolute Gasteiger partial charge is 0.416 e. The van der Waals surface area contributed by atoms with Crippen molar-refractivity contribution >= 4 is 0 Å². The molecule has 6 rings (SSSR count). The number of nitrogens with two attached hydrogens (primary N) is 2. The van der Waals surface area contributed by atoms with Crippen molar-refractivity contribution in [1.29, 1.82) is 31.6 Å². The van der Waals surface area contributed by atoms with E-state index in [9.17, 15) is 57.9 Å². The second kappa shape index (κ2) is 17.5. The van der Waals surface area contributed by atoms with E-state index in [-0.39, 0.29) is 40.3 Å². The minimum Gasteiger partial charge on any atom is -0.399 e. The van der Waals surface area contributed by atoms with Gasteiger partial charge in [-0.2, -0.15) is 57.9 Å². The summed E-state index contributed by atoms with van der Waals surface area (Å²) in [6.07, 6.45) is -5.85. The van der Waals surface area contributed by atoms with Gasteiger partial charge < -0.3 is 26.4 Å². The molecule has 0 radical (unpaired) electrons. The fourth-order valence-electron chi connectivity index (χ4n) is 8.39. The number of hydrogen-bond acceptors (Lipinski definition) is 11. The number of likely N-dealkylation sites (N-methyl/N-ethyl adjacent to an activating group) is 2. The Labute approximate surface area is 337 Å². The molecule has 4 aliphatic rings. The minimum absolute atomic E-state index is 0.0157. The smallest absolute Gasteiger partial charge is 0.399 e. The molecule has 59 heavy (non-hydrogen) atoms. The molecule has 0 bridgehead atoms. The van der Waals surface area contributed by atoms with E-state index in [1.165, 1.54) is 36.4 Å². The topological polar surface area (TPSA) is 221 Å². The molecule has 11 nitrogen and oxygen atoms in total. The maximum absolute atomic E-state index is 13.7. The highest BCUT2D eigenvalue weighted by Gasteiger charge is 2.57. The zero-order chi connectivity index (χ0) is 44.1. The highest BCUT2D eigenvalue weighted by Crippen LogP contribution is 2.57. The number of rotatable bonds is 2. The lowest BCUT2D eigenvalue weighted by atomic mass is 9.57. The van der Waals surface area contributed by atoms with E-state index >= 15 is 0 Å². The summed E-state index contributed by atoms with van der Waals surface area (Å²) >= 11 is 0. The van der Waals surface area contributed by atoms with Gasteiger partial charge >= 0.3 is 12.4 Å². The van der Waals surface area contributed by atoms with E-state index < -0.39 is 58.0 Å². The molecule has 5 N–H and O–H groups in total. The minimum atomic E-state index is -4.66. The standard InChI is InChI=1S/2C20H16F3N5.C2H6O/c2*1-28-7-6-12-14(8-24)18(27)19(10-25,11-26)17(15(12)9-28)13-4-2-3-5-16(13)20(21,22)23;1-2-3/h2*2-6,15,17H,7,9,27H2,1H3;3H,2H2,1H3. The summed E-state index contributed by atoms with van der Waals surface area (Å²) in [7, 11) is 3.57. The first-order chi connectivity index (χ1) is 27.8. The summed E-state index contributed by atoms with van der Waals surface area (Å²) in [6, 6.07) is 21.2. The molecule has 304 valence electrons. The van der Waals surface area contributed by atoms with Crippen LogP contribution in [0.2, 0.25) is 0 Å². The Morgan fingerprint density at radius 3 is 1.22 bits per heavy atom. The first kappa shape index (κ1) is 45.1. The van der Waals surface area contributed by atoms with Gasteiger partial charge in [-0.05, 0) is 55.4 Å². The van der Waals surface area contributed by atoms with Gasteiger partial charge in [-0.3, -0.25) is 0 Å². The zero-order valence-electron chi connectivity index (χ0n) is 32.1. The Morgan fingerprint density at radius 2 is 0.949 bits per heavy atom. The maximum atomic E-state index is 13.7. The lowest BCUT2D eigenvalue weighted by Crippen LogP contribution is -2.47. The summed E-state index contributed by atoms with van der Waals surface area (Å²) in [4.78, 5) is 3.74. The quantitative estimate of drug-likeness (QED) is 0.293. The van der Waals surface area contributed by atoms with Gasteiger partial charge in [0.15, 0.2) is 10.8 Å². The van der Waals surface area contributed by atoms with E-state index in [0.29, 0.717) is 37.3 Å².